The number of nitriles is 1. The molecule has 2 aromatic rings. The minimum Gasteiger partial charge on any atom is -0.291 e. The summed E-state index contributed by atoms with van der Waals surface area (Å²) in [6, 6.07) is 7.61. The number of fused-ring (bicyclic) bond motifs is 1. The van der Waals surface area contributed by atoms with Crippen LogP contribution in [-0.4, -0.2) is 16.5 Å². The lowest BCUT2D eigenvalue weighted by molar-refractivity contribution is 0.102. The number of carbonyl (C=O) groups excluding carboxylic acids is 1. The van der Waals surface area contributed by atoms with Crippen molar-refractivity contribution in [1.29, 1.82) is 5.26 Å². The van der Waals surface area contributed by atoms with E-state index >= 15 is 0 Å². The minimum atomic E-state index is -0.0808. The van der Waals surface area contributed by atoms with Crippen LogP contribution in [0.2, 0.25) is 0 Å². The van der Waals surface area contributed by atoms with E-state index < -0.39 is 0 Å². The molecule has 1 heterocycles. The van der Waals surface area contributed by atoms with Gasteiger partial charge in [0.25, 0.3) is 0 Å². The summed E-state index contributed by atoms with van der Waals surface area (Å²) in [7, 11) is 0. The molecule has 15 heavy (non-hydrogen) atoms. The molecule has 0 bridgehead atoms. The Morgan fingerprint density at radius 2 is 2.33 bits per heavy atom. The van der Waals surface area contributed by atoms with Gasteiger partial charge in [0.2, 0.25) is 5.78 Å². The van der Waals surface area contributed by atoms with Crippen LogP contribution in [0.3, 0.4) is 0 Å². The number of nitrogens with zero attached hydrogens (tertiary/aromatic N) is 2. The molecule has 1 aromatic carbocycles. The molecule has 0 amide bonds. The van der Waals surface area contributed by atoms with Crippen molar-refractivity contribution < 1.29 is 4.79 Å². The molecule has 0 spiro atoms. The summed E-state index contributed by atoms with van der Waals surface area (Å²) < 4.78 is 1.00. The van der Waals surface area contributed by atoms with Crippen LogP contribution in [0.5, 0.6) is 0 Å². The first-order valence-corrected chi connectivity index (χ1v) is 6.01. The Kier molecular flexibility index (Phi) is 2.99. The first kappa shape index (κ1) is 10.1. The normalized spacial score (nSPS) is 10.1. The number of hydrogen-bond donors (Lipinski definition) is 0. The summed E-state index contributed by atoms with van der Waals surface area (Å²) in [6.07, 6.45) is 0. The van der Waals surface area contributed by atoms with Gasteiger partial charge in [-0.15, -0.1) is 11.3 Å². The van der Waals surface area contributed by atoms with Gasteiger partial charge in [0.05, 0.1) is 16.0 Å². The number of thioether (sulfide) groups is 1. The number of aromatic nitrogens is 1. The Hall–Kier alpha value is -1.38. The average Bonchev–Trinajstić information content (AvgIpc) is 2.69. The van der Waals surface area contributed by atoms with E-state index in [0.717, 1.165) is 22.0 Å². The van der Waals surface area contributed by atoms with Crippen molar-refractivity contribution in [2.45, 2.75) is 0 Å². The van der Waals surface area contributed by atoms with E-state index in [9.17, 15) is 4.79 Å². The fourth-order valence-electron chi connectivity index (χ4n) is 1.15. The summed E-state index contributed by atoms with van der Waals surface area (Å²) in [5, 5.41) is 10.7. The van der Waals surface area contributed by atoms with Gasteiger partial charge in [-0.05, 0) is 23.9 Å². The maximum Gasteiger partial charge on any atom is 0.202 e. The summed E-state index contributed by atoms with van der Waals surface area (Å²) >= 11 is 2.32. The molecule has 0 unspecified atom stereocenters. The van der Waals surface area contributed by atoms with E-state index in [-0.39, 0.29) is 11.5 Å². The van der Waals surface area contributed by atoms with Crippen LogP contribution < -0.4 is 0 Å². The topological polar surface area (TPSA) is 53.8 Å². The lowest BCUT2D eigenvalue weighted by Gasteiger charge is -1.88. The van der Waals surface area contributed by atoms with Gasteiger partial charge in [-0.25, -0.2) is 4.98 Å². The highest BCUT2D eigenvalue weighted by molar-refractivity contribution is 8.04. The molecule has 74 valence electrons. The van der Waals surface area contributed by atoms with Crippen molar-refractivity contribution in [3.63, 3.8) is 0 Å². The average molecular weight is 234 g/mol. The molecule has 0 aliphatic carbocycles. The van der Waals surface area contributed by atoms with Gasteiger partial charge >= 0.3 is 0 Å². The van der Waals surface area contributed by atoms with Crippen LogP contribution >= 0.6 is 23.1 Å². The Bertz CT molecular complexity index is 509. The highest BCUT2D eigenvalue weighted by Crippen LogP contribution is 2.22. The van der Waals surface area contributed by atoms with E-state index in [1.807, 2.05) is 29.7 Å². The molecular formula is C10H6N2OS2. The zero-order valence-electron chi connectivity index (χ0n) is 7.64. The molecule has 1 aromatic heterocycles. The highest BCUT2D eigenvalue weighted by atomic mass is 32.2. The third kappa shape index (κ3) is 2.17. The van der Waals surface area contributed by atoms with Crippen LogP contribution in [0, 0.1) is 10.7 Å². The van der Waals surface area contributed by atoms with Crippen molar-refractivity contribution in [2.75, 3.05) is 5.75 Å². The maximum atomic E-state index is 11.5. The number of hydrogen-bond acceptors (Lipinski definition) is 5. The monoisotopic (exact) mass is 234 g/mol. The van der Waals surface area contributed by atoms with Crippen molar-refractivity contribution >= 4 is 39.1 Å². The standard InChI is InChI=1S/C10H6N2OS2/c11-6-14-5-8(13)10-12-7-3-1-2-4-9(7)15-10/h1-4H,5H2. The minimum absolute atomic E-state index is 0.0808. The van der Waals surface area contributed by atoms with Crippen LogP contribution in [0.15, 0.2) is 24.3 Å². The molecule has 0 fully saturated rings. The van der Waals surface area contributed by atoms with Gasteiger partial charge in [-0.3, -0.25) is 4.79 Å². The number of thiazole rings is 1. The number of ketones is 1. The Balaban J connectivity index is 2.29. The molecule has 0 N–H and O–H groups in total. The SMILES string of the molecule is N#CSCC(=O)c1nc2ccccc2s1. The number of Topliss-reactive ketones (excluding diaryl/α,β-unsaturated/α-hetero) is 1. The second-order valence-electron chi connectivity index (χ2n) is 2.79. The zero-order chi connectivity index (χ0) is 10.7. The summed E-state index contributed by atoms with van der Waals surface area (Å²) in [5.41, 5.74) is 0.841. The number of para-hydroxylation sites is 1. The Morgan fingerprint density at radius 1 is 1.53 bits per heavy atom. The third-order valence-electron chi connectivity index (χ3n) is 1.80. The number of thiocyanates is 1. The molecule has 0 atom stereocenters. The van der Waals surface area contributed by atoms with E-state index in [4.69, 9.17) is 5.26 Å². The fraction of sp³-hybridized carbons (Fsp3) is 0.100. The lowest BCUT2D eigenvalue weighted by Crippen LogP contribution is -2.00. The molecule has 0 radical (unpaired) electrons. The van der Waals surface area contributed by atoms with Crippen LogP contribution in [0.25, 0.3) is 10.2 Å². The van der Waals surface area contributed by atoms with Crippen molar-refractivity contribution in [3.8, 4) is 5.40 Å². The van der Waals surface area contributed by atoms with E-state index in [1.165, 1.54) is 11.3 Å². The van der Waals surface area contributed by atoms with E-state index in [1.54, 1.807) is 0 Å². The molecule has 0 aliphatic rings. The van der Waals surface area contributed by atoms with Gasteiger partial charge in [-0.1, -0.05) is 12.1 Å². The van der Waals surface area contributed by atoms with Gasteiger partial charge in [-0.2, -0.15) is 5.26 Å². The largest absolute Gasteiger partial charge is 0.291 e. The van der Waals surface area contributed by atoms with Crippen LogP contribution in [0.4, 0.5) is 0 Å². The molecule has 5 heteroatoms. The van der Waals surface area contributed by atoms with E-state index in [0.29, 0.717) is 5.01 Å². The molecular weight excluding hydrogens is 228 g/mol. The predicted octanol–water partition coefficient (Wildman–Crippen LogP) is 2.69. The number of rotatable bonds is 3. The summed E-state index contributed by atoms with van der Waals surface area (Å²) in [5.74, 6) is 0.0961. The van der Waals surface area contributed by atoms with Gasteiger partial charge in [0.15, 0.2) is 5.01 Å². The van der Waals surface area contributed by atoms with Crippen molar-refractivity contribution in [1.82, 2.24) is 4.98 Å². The molecule has 0 aliphatic heterocycles. The summed E-state index contributed by atoms with van der Waals surface area (Å²) in [4.78, 5) is 15.8. The number of benzene rings is 1. The molecule has 0 saturated carbocycles. The van der Waals surface area contributed by atoms with Crippen molar-refractivity contribution in [2.24, 2.45) is 0 Å². The smallest absolute Gasteiger partial charge is 0.202 e. The fourth-order valence-corrected chi connectivity index (χ4v) is 2.48. The summed E-state index contributed by atoms with van der Waals surface area (Å²) in [6.45, 7) is 0. The number of carbonyl (C=O) groups is 1. The second kappa shape index (κ2) is 4.43. The lowest BCUT2D eigenvalue weighted by atomic mass is 10.3. The molecule has 3 nitrogen and oxygen atoms in total. The van der Waals surface area contributed by atoms with Gasteiger partial charge in [0.1, 0.15) is 5.40 Å². The molecule has 0 saturated heterocycles. The predicted molar refractivity (Wildman–Crippen MR) is 62.0 cm³/mol. The van der Waals surface area contributed by atoms with E-state index in [2.05, 4.69) is 4.98 Å². The maximum absolute atomic E-state index is 11.5. The quantitative estimate of drug-likeness (QED) is 0.605. The third-order valence-corrected chi connectivity index (χ3v) is 3.41. The highest BCUT2D eigenvalue weighted by Gasteiger charge is 2.11. The van der Waals surface area contributed by atoms with Gasteiger partial charge < -0.3 is 0 Å². The Labute approximate surface area is 94.7 Å². The van der Waals surface area contributed by atoms with Crippen molar-refractivity contribution in [3.05, 3.63) is 29.3 Å². The van der Waals surface area contributed by atoms with Gasteiger partial charge in [0, 0.05) is 0 Å². The first-order valence-electron chi connectivity index (χ1n) is 4.21. The second-order valence-corrected chi connectivity index (χ2v) is 4.58. The van der Waals surface area contributed by atoms with Crippen LogP contribution in [-0.2, 0) is 0 Å². The zero-order valence-corrected chi connectivity index (χ0v) is 9.27. The van der Waals surface area contributed by atoms with Crippen LogP contribution in [0.1, 0.15) is 9.80 Å². The first-order chi connectivity index (χ1) is 7.31. The molecule has 2 rings (SSSR count). The Morgan fingerprint density at radius 3 is 3.07 bits per heavy atom.